The van der Waals surface area contributed by atoms with E-state index in [1.54, 1.807) is 18.2 Å². The Morgan fingerprint density at radius 2 is 1.71 bits per heavy atom. The van der Waals surface area contributed by atoms with Crippen LogP contribution in [0.4, 0.5) is 0 Å². The van der Waals surface area contributed by atoms with Gasteiger partial charge in [-0.1, -0.05) is 19.1 Å². The summed E-state index contributed by atoms with van der Waals surface area (Å²) in [7, 11) is 0. The number of rotatable bonds is 3. The van der Waals surface area contributed by atoms with Crippen molar-refractivity contribution in [1.29, 1.82) is 0 Å². The minimum Gasteiger partial charge on any atom is -0.504 e. The van der Waals surface area contributed by atoms with E-state index in [2.05, 4.69) is 0 Å². The topological polar surface area (TPSA) is 57.5 Å². The van der Waals surface area contributed by atoms with E-state index < -0.39 is 0 Å². The summed E-state index contributed by atoms with van der Waals surface area (Å²) in [4.78, 5) is 11.7. The summed E-state index contributed by atoms with van der Waals surface area (Å²) < 4.78 is 0. The number of phenols is 2. The second-order valence-electron chi connectivity index (χ2n) is 4.08. The Hall–Kier alpha value is -2.03. The molecular formula is C14H14O3. The monoisotopic (exact) mass is 230 g/mol. The van der Waals surface area contributed by atoms with Crippen LogP contribution >= 0.6 is 0 Å². The molecule has 0 aliphatic heterocycles. The van der Waals surface area contributed by atoms with Gasteiger partial charge in [0.15, 0.2) is 17.3 Å². The molecule has 2 aromatic carbocycles. The molecule has 0 saturated carbocycles. The number of aromatic hydroxyl groups is 2. The van der Waals surface area contributed by atoms with Gasteiger partial charge in [0.1, 0.15) is 0 Å². The largest absolute Gasteiger partial charge is 0.504 e. The van der Waals surface area contributed by atoms with Gasteiger partial charge in [0.05, 0.1) is 0 Å². The molecule has 0 saturated heterocycles. The second-order valence-corrected chi connectivity index (χ2v) is 4.08. The predicted molar refractivity (Wildman–Crippen MR) is 66.5 cm³/mol. The van der Waals surface area contributed by atoms with Crippen LogP contribution in [-0.4, -0.2) is 16.0 Å². The van der Waals surface area contributed by atoms with E-state index in [1.807, 2.05) is 6.92 Å². The summed E-state index contributed by atoms with van der Waals surface area (Å²) in [5, 5.41) is 20.3. The molecule has 0 heterocycles. The third kappa shape index (κ3) is 2.23. The Morgan fingerprint density at radius 3 is 2.35 bits per heavy atom. The molecule has 0 radical (unpaired) electrons. The van der Waals surface area contributed by atoms with E-state index in [4.69, 9.17) is 0 Å². The zero-order valence-electron chi connectivity index (χ0n) is 9.60. The van der Waals surface area contributed by atoms with Gasteiger partial charge in [-0.2, -0.15) is 0 Å². The number of carbonyl (C=O) groups excluding carboxylic acids is 1. The number of fused-ring (bicyclic) bond motifs is 1. The molecule has 0 aromatic heterocycles. The van der Waals surface area contributed by atoms with Gasteiger partial charge < -0.3 is 10.2 Å². The fourth-order valence-electron chi connectivity index (χ4n) is 1.82. The van der Waals surface area contributed by atoms with Crippen LogP contribution in [0, 0.1) is 0 Å². The molecule has 2 aromatic rings. The van der Waals surface area contributed by atoms with Gasteiger partial charge in [0.25, 0.3) is 0 Å². The van der Waals surface area contributed by atoms with Gasteiger partial charge >= 0.3 is 0 Å². The zero-order valence-corrected chi connectivity index (χ0v) is 9.60. The lowest BCUT2D eigenvalue weighted by Crippen LogP contribution is -1.97. The first kappa shape index (κ1) is 11.5. The van der Waals surface area contributed by atoms with Crippen molar-refractivity contribution in [3.05, 3.63) is 35.9 Å². The van der Waals surface area contributed by atoms with Crippen molar-refractivity contribution >= 4 is 16.6 Å². The van der Waals surface area contributed by atoms with Crippen LogP contribution in [0.25, 0.3) is 10.8 Å². The maximum atomic E-state index is 11.7. The molecule has 3 nitrogen and oxygen atoms in total. The summed E-state index contributed by atoms with van der Waals surface area (Å²) in [5.74, 6) is -0.218. The molecule has 0 unspecified atom stereocenters. The molecule has 3 heteroatoms. The van der Waals surface area contributed by atoms with E-state index in [9.17, 15) is 15.0 Å². The van der Waals surface area contributed by atoms with E-state index in [1.165, 1.54) is 12.1 Å². The minimum atomic E-state index is -0.169. The SMILES string of the molecule is CCCC(=O)c1ccc2cc(O)c(O)cc2c1. The summed E-state index contributed by atoms with van der Waals surface area (Å²) in [6.45, 7) is 1.96. The average molecular weight is 230 g/mol. The molecule has 0 aliphatic carbocycles. The van der Waals surface area contributed by atoms with E-state index in [-0.39, 0.29) is 17.3 Å². The van der Waals surface area contributed by atoms with E-state index in [0.717, 1.165) is 17.2 Å². The Kier molecular flexibility index (Phi) is 3.00. The molecule has 0 bridgehead atoms. The Balaban J connectivity index is 2.50. The van der Waals surface area contributed by atoms with Gasteiger partial charge in [-0.25, -0.2) is 0 Å². The van der Waals surface area contributed by atoms with Crippen molar-refractivity contribution in [2.24, 2.45) is 0 Å². The molecule has 0 fully saturated rings. The summed E-state index contributed by atoms with van der Waals surface area (Å²) in [6.07, 6.45) is 1.34. The number of ketones is 1. The van der Waals surface area contributed by atoms with Gasteiger partial charge in [0.2, 0.25) is 0 Å². The van der Waals surface area contributed by atoms with Crippen LogP contribution in [-0.2, 0) is 0 Å². The number of hydrogen-bond donors (Lipinski definition) is 2. The molecule has 2 N–H and O–H groups in total. The van der Waals surface area contributed by atoms with Crippen molar-refractivity contribution < 1.29 is 15.0 Å². The fraction of sp³-hybridized carbons (Fsp3) is 0.214. The maximum Gasteiger partial charge on any atom is 0.162 e. The number of phenolic OH excluding ortho intramolecular Hbond substituents is 2. The third-order valence-corrected chi connectivity index (χ3v) is 2.73. The highest BCUT2D eigenvalue weighted by molar-refractivity contribution is 6.00. The van der Waals surface area contributed by atoms with Crippen molar-refractivity contribution in [3.63, 3.8) is 0 Å². The van der Waals surface area contributed by atoms with Crippen LogP contribution in [0.1, 0.15) is 30.1 Å². The highest BCUT2D eigenvalue weighted by Gasteiger charge is 2.07. The van der Waals surface area contributed by atoms with Crippen LogP contribution < -0.4 is 0 Å². The summed E-state index contributed by atoms with van der Waals surface area (Å²) >= 11 is 0. The smallest absolute Gasteiger partial charge is 0.162 e. The number of hydrogen-bond acceptors (Lipinski definition) is 3. The standard InChI is InChI=1S/C14H14O3/c1-2-3-12(15)10-5-4-9-7-13(16)14(17)8-11(9)6-10/h4-8,16-17H,2-3H2,1H3. The molecule has 0 atom stereocenters. The lowest BCUT2D eigenvalue weighted by atomic mass is 10.0. The highest BCUT2D eigenvalue weighted by Crippen LogP contribution is 2.30. The quantitative estimate of drug-likeness (QED) is 0.628. The van der Waals surface area contributed by atoms with Crippen molar-refractivity contribution in [2.75, 3.05) is 0 Å². The summed E-state index contributed by atoms with van der Waals surface area (Å²) in [5.41, 5.74) is 0.643. The number of benzene rings is 2. The normalized spacial score (nSPS) is 10.6. The summed E-state index contributed by atoms with van der Waals surface area (Å²) in [6, 6.07) is 8.22. The van der Waals surface area contributed by atoms with Gasteiger partial charge in [-0.15, -0.1) is 0 Å². The molecule has 0 spiro atoms. The first-order valence-corrected chi connectivity index (χ1v) is 5.60. The third-order valence-electron chi connectivity index (χ3n) is 2.73. The maximum absolute atomic E-state index is 11.7. The Morgan fingerprint density at radius 1 is 1.06 bits per heavy atom. The van der Waals surface area contributed by atoms with Crippen LogP contribution in [0.5, 0.6) is 11.5 Å². The van der Waals surface area contributed by atoms with Gasteiger partial charge in [-0.05, 0) is 35.4 Å². The zero-order chi connectivity index (χ0) is 12.4. The van der Waals surface area contributed by atoms with E-state index in [0.29, 0.717) is 12.0 Å². The van der Waals surface area contributed by atoms with Crippen molar-refractivity contribution in [3.8, 4) is 11.5 Å². The molecule has 17 heavy (non-hydrogen) atoms. The van der Waals surface area contributed by atoms with Crippen LogP contribution in [0.3, 0.4) is 0 Å². The fourth-order valence-corrected chi connectivity index (χ4v) is 1.82. The highest BCUT2D eigenvalue weighted by atomic mass is 16.3. The van der Waals surface area contributed by atoms with Gasteiger partial charge in [0, 0.05) is 12.0 Å². The molecular weight excluding hydrogens is 216 g/mol. The van der Waals surface area contributed by atoms with Crippen LogP contribution in [0.2, 0.25) is 0 Å². The van der Waals surface area contributed by atoms with Gasteiger partial charge in [-0.3, -0.25) is 4.79 Å². The average Bonchev–Trinajstić information content (AvgIpc) is 2.30. The van der Waals surface area contributed by atoms with Crippen molar-refractivity contribution in [2.45, 2.75) is 19.8 Å². The first-order valence-electron chi connectivity index (χ1n) is 5.60. The predicted octanol–water partition coefficient (Wildman–Crippen LogP) is 3.23. The lowest BCUT2D eigenvalue weighted by molar-refractivity contribution is 0.0982. The minimum absolute atomic E-state index is 0.0990. The Labute approximate surface area is 99.3 Å². The number of carbonyl (C=O) groups is 1. The van der Waals surface area contributed by atoms with Crippen LogP contribution in [0.15, 0.2) is 30.3 Å². The molecule has 0 aliphatic rings. The molecule has 2 rings (SSSR count). The van der Waals surface area contributed by atoms with Crippen molar-refractivity contribution in [1.82, 2.24) is 0 Å². The molecule has 88 valence electrons. The number of Topliss-reactive ketones (excluding diaryl/α,β-unsaturated/α-hetero) is 1. The lowest BCUT2D eigenvalue weighted by Gasteiger charge is -2.04. The second kappa shape index (κ2) is 4.45. The first-order chi connectivity index (χ1) is 8.11. The van der Waals surface area contributed by atoms with E-state index >= 15 is 0 Å². The molecule has 0 amide bonds. The Bertz CT molecular complexity index is 573.